The zero-order chi connectivity index (χ0) is 21.5. The summed E-state index contributed by atoms with van der Waals surface area (Å²) in [6.07, 6.45) is 5.15. The molecule has 2 heterocycles. The van der Waals surface area contributed by atoms with Crippen molar-refractivity contribution in [3.05, 3.63) is 80.0 Å². The number of carbonyl (C=O) groups is 2. The molecule has 0 aliphatic rings. The van der Waals surface area contributed by atoms with E-state index in [9.17, 15) is 14.7 Å². The van der Waals surface area contributed by atoms with Gasteiger partial charge in [0.15, 0.2) is 6.29 Å². The van der Waals surface area contributed by atoms with Crippen LogP contribution in [0.2, 0.25) is 5.02 Å². The van der Waals surface area contributed by atoms with Gasteiger partial charge in [0.2, 0.25) is 0 Å². The number of aromatic nitrogens is 2. The van der Waals surface area contributed by atoms with Crippen molar-refractivity contribution in [3.8, 4) is 0 Å². The third-order valence-electron chi connectivity index (χ3n) is 4.80. The summed E-state index contributed by atoms with van der Waals surface area (Å²) in [5, 5.41) is 12.3. The van der Waals surface area contributed by atoms with Crippen molar-refractivity contribution in [2.24, 2.45) is 0 Å². The lowest BCUT2D eigenvalue weighted by molar-refractivity contribution is -0.132. The van der Waals surface area contributed by atoms with E-state index in [1.165, 1.54) is 11.3 Å². The summed E-state index contributed by atoms with van der Waals surface area (Å²) in [6, 6.07) is 11.3. The van der Waals surface area contributed by atoms with Crippen LogP contribution >= 0.6 is 22.9 Å². The van der Waals surface area contributed by atoms with Crippen LogP contribution in [0.1, 0.15) is 52.2 Å². The number of unbranched alkanes of at least 4 members (excludes halogenated alkanes) is 1. The maximum atomic E-state index is 11.9. The summed E-state index contributed by atoms with van der Waals surface area (Å²) in [6.45, 7) is 2.50. The molecular formula is C23H23ClN2O3S. The summed E-state index contributed by atoms with van der Waals surface area (Å²) in [5.74, 6) is -0.258. The molecule has 2 aromatic heterocycles. The number of thiophene rings is 1. The number of carboxylic acids is 1. The van der Waals surface area contributed by atoms with E-state index < -0.39 is 5.97 Å². The van der Waals surface area contributed by atoms with Crippen LogP contribution in [-0.2, 0) is 24.2 Å². The molecule has 0 aliphatic heterocycles. The molecule has 0 fully saturated rings. The smallest absolute Gasteiger partial charge is 0.332 e. The fraction of sp³-hybridized carbons (Fsp3) is 0.261. The van der Waals surface area contributed by atoms with Crippen LogP contribution in [-0.4, -0.2) is 26.9 Å². The summed E-state index contributed by atoms with van der Waals surface area (Å²) in [5.41, 5.74) is 1.85. The number of aryl methyl sites for hydroxylation is 1. The second-order valence-corrected chi connectivity index (χ2v) is 8.37. The van der Waals surface area contributed by atoms with Crippen molar-refractivity contribution in [1.82, 2.24) is 9.55 Å². The van der Waals surface area contributed by atoms with Gasteiger partial charge in [0, 0.05) is 28.3 Å². The van der Waals surface area contributed by atoms with Gasteiger partial charge in [-0.1, -0.05) is 49.2 Å². The van der Waals surface area contributed by atoms with Crippen LogP contribution in [0.3, 0.4) is 0 Å². The molecule has 0 saturated heterocycles. The van der Waals surface area contributed by atoms with E-state index in [1.807, 2.05) is 46.3 Å². The molecule has 30 heavy (non-hydrogen) atoms. The van der Waals surface area contributed by atoms with E-state index >= 15 is 0 Å². The number of aldehydes is 1. The van der Waals surface area contributed by atoms with Gasteiger partial charge in [0.05, 0.1) is 12.2 Å². The van der Waals surface area contributed by atoms with Gasteiger partial charge >= 0.3 is 5.97 Å². The lowest BCUT2D eigenvalue weighted by atomic mass is 10.1. The largest absolute Gasteiger partial charge is 0.478 e. The second kappa shape index (κ2) is 10.4. The maximum Gasteiger partial charge on any atom is 0.332 e. The normalized spacial score (nSPS) is 11.6. The standard InChI is InChI=1S/C23H23ClN2O3S/c1-2-3-10-22-25-20(15-27)21(26(22)14-16-7-4-5-9-19(16)24)13-17(23(28)29)12-18-8-6-11-30-18/h4-9,11,13,15H,2-3,10,12,14H2,1H3,(H,28,29). The average molecular weight is 443 g/mol. The Morgan fingerprint density at radius 2 is 2.07 bits per heavy atom. The number of carbonyl (C=O) groups excluding carboxylic acids is 1. The molecule has 0 radical (unpaired) electrons. The molecule has 5 nitrogen and oxygen atoms in total. The summed E-state index contributed by atoms with van der Waals surface area (Å²) in [7, 11) is 0. The minimum Gasteiger partial charge on any atom is -0.478 e. The molecule has 0 bridgehead atoms. The van der Waals surface area contributed by atoms with Crippen LogP contribution in [0, 0.1) is 0 Å². The van der Waals surface area contributed by atoms with Gasteiger partial charge in [-0.2, -0.15) is 0 Å². The van der Waals surface area contributed by atoms with E-state index in [0.717, 1.165) is 29.1 Å². The number of carboxylic acid groups (broad SMARTS) is 1. The number of aliphatic carboxylic acids is 1. The number of rotatable bonds is 10. The van der Waals surface area contributed by atoms with E-state index in [4.69, 9.17) is 11.6 Å². The van der Waals surface area contributed by atoms with Crippen molar-refractivity contribution in [1.29, 1.82) is 0 Å². The first-order valence-corrected chi connectivity index (χ1v) is 11.0. The molecule has 0 unspecified atom stereocenters. The number of nitrogens with zero attached hydrogens (tertiary/aromatic N) is 2. The highest BCUT2D eigenvalue weighted by atomic mass is 35.5. The van der Waals surface area contributed by atoms with Crippen LogP contribution in [0.25, 0.3) is 6.08 Å². The number of benzene rings is 1. The molecule has 3 rings (SSSR count). The zero-order valence-corrected chi connectivity index (χ0v) is 18.2. The van der Waals surface area contributed by atoms with Crippen molar-refractivity contribution in [2.75, 3.05) is 0 Å². The minimum absolute atomic E-state index is 0.211. The highest BCUT2D eigenvalue weighted by molar-refractivity contribution is 7.09. The maximum absolute atomic E-state index is 11.9. The fourth-order valence-corrected chi connectivity index (χ4v) is 4.15. The molecule has 0 saturated carbocycles. The van der Waals surface area contributed by atoms with E-state index in [1.54, 1.807) is 6.08 Å². The van der Waals surface area contributed by atoms with Gasteiger partial charge in [-0.25, -0.2) is 9.78 Å². The Kier molecular flexibility index (Phi) is 7.60. The summed E-state index contributed by atoms with van der Waals surface area (Å²) < 4.78 is 1.91. The number of imidazole rings is 1. The molecule has 1 aromatic carbocycles. The Labute approximate surface area is 184 Å². The van der Waals surface area contributed by atoms with E-state index in [0.29, 0.717) is 30.0 Å². The van der Waals surface area contributed by atoms with Crippen molar-refractivity contribution >= 4 is 41.3 Å². The molecule has 7 heteroatoms. The summed E-state index contributed by atoms with van der Waals surface area (Å²) >= 11 is 7.86. The lowest BCUT2D eigenvalue weighted by Crippen LogP contribution is -2.10. The van der Waals surface area contributed by atoms with Gasteiger partial charge in [-0.3, -0.25) is 4.79 Å². The van der Waals surface area contributed by atoms with Crippen LogP contribution in [0.15, 0.2) is 47.4 Å². The lowest BCUT2D eigenvalue weighted by Gasteiger charge is -2.12. The Hall–Kier alpha value is -2.70. The molecule has 0 amide bonds. The highest BCUT2D eigenvalue weighted by Crippen LogP contribution is 2.24. The molecule has 0 spiro atoms. The Morgan fingerprint density at radius 3 is 2.70 bits per heavy atom. The third kappa shape index (κ3) is 5.26. The van der Waals surface area contributed by atoms with Crippen LogP contribution in [0.4, 0.5) is 0 Å². The highest BCUT2D eigenvalue weighted by Gasteiger charge is 2.19. The Bertz CT molecular complexity index is 1050. The van der Waals surface area contributed by atoms with E-state index in [2.05, 4.69) is 11.9 Å². The molecule has 1 N–H and O–H groups in total. The van der Waals surface area contributed by atoms with Crippen molar-refractivity contribution < 1.29 is 14.7 Å². The second-order valence-electron chi connectivity index (χ2n) is 6.93. The topological polar surface area (TPSA) is 72.2 Å². The van der Waals surface area contributed by atoms with Gasteiger partial charge in [0.25, 0.3) is 0 Å². The average Bonchev–Trinajstić information content (AvgIpc) is 3.36. The molecule has 156 valence electrons. The first-order chi connectivity index (χ1) is 14.5. The summed E-state index contributed by atoms with van der Waals surface area (Å²) in [4.78, 5) is 29.2. The molecule has 3 aromatic rings. The molecule has 0 atom stereocenters. The fourth-order valence-electron chi connectivity index (χ4n) is 3.23. The first-order valence-electron chi connectivity index (χ1n) is 9.77. The number of hydrogen-bond acceptors (Lipinski definition) is 4. The first kappa shape index (κ1) is 22.0. The molecule has 0 aliphatic carbocycles. The zero-order valence-electron chi connectivity index (χ0n) is 16.7. The number of hydrogen-bond donors (Lipinski definition) is 1. The van der Waals surface area contributed by atoms with Crippen LogP contribution in [0.5, 0.6) is 0 Å². The Morgan fingerprint density at radius 1 is 1.27 bits per heavy atom. The van der Waals surface area contributed by atoms with Gasteiger partial charge < -0.3 is 9.67 Å². The number of halogens is 1. The predicted octanol–water partition coefficient (Wildman–Crippen LogP) is 5.51. The monoisotopic (exact) mass is 442 g/mol. The Balaban J connectivity index is 2.10. The van der Waals surface area contributed by atoms with Gasteiger partial charge in [-0.05, 0) is 35.6 Å². The quantitative estimate of drug-likeness (QED) is 0.332. The third-order valence-corrected chi connectivity index (χ3v) is 6.04. The van der Waals surface area contributed by atoms with Crippen molar-refractivity contribution in [2.45, 2.75) is 39.2 Å². The minimum atomic E-state index is -1.01. The van der Waals surface area contributed by atoms with Gasteiger partial charge in [-0.15, -0.1) is 11.3 Å². The van der Waals surface area contributed by atoms with Gasteiger partial charge in [0.1, 0.15) is 11.5 Å². The van der Waals surface area contributed by atoms with Crippen LogP contribution < -0.4 is 0 Å². The van der Waals surface area contributed by atoms with Crippen molar-refractivity contribution in [3.63, 3.8) is 0 Å². The van der Waals surface area contributed by atoms with E-state index in [-0.39, 0.29) is 17.7 Å². The molecular weight excluding hydrogens is 420 g/mol. The SMILES string of the molecule is CCCCc1nc(C=O)c(C=C(Cc2cccs2)C(=O)O)n1Cc1ccccc1Cl. The predicted molar refractivity (Wildman–Crippen MR) is 120 cm³/mol.